The predicted octanol–water partition coefficient (Wildman–Crippen LogP) is 0.151. The van der Waals surface area contributed by atoms with E-state index < -0.39 is 5.54 Å². The third-order valence-electron chi connectivity index (χ3n) is 1.70. The van der Waals surface area contributed by atoms with Crippen LogP contribution in [0.4, 0.5) is 5.69 Å². The van der Waals surface area contributed by atoms with Crippen molar-refractivity contribution in [2.24, 2.45) is 5.73 Å². The Morgan fingerprint density at radius 1 is 1.62 bits per heavy atom. The second kappa shape index (κ2) is 2.85. The van der Waals surface area contributed by atoms with Crippen LogP contribution in [0.2, 0.25) is 0 Å². The van der Waals surface area contributed by atoms with Gasteiger partial charge in [-0.15, -0.1) is 0 Å². The third-order valence-corrected chi connectivity index (χ3v) is 1.70. The molecule has 0 radical (unpaired) electrons. The van der Waals surface area contributed by atoms with Gasteiger partial charge in [-0.25, -0.2) is 4.68 Å². The Labute approximate surface area is 76.7 Å². The fourth-order valence-corrected chi connectivity index (χ4v) is 0.873. The van der Waals surface area contributed by atoms with Crippen molar-refractivity contribution in [2.45, 2.75) is 26.3 Å². The highest BCUT2D eigenvalue weighted by Gasteiger charge is 2.24. The summed E-state index contributed by atoms with van der Waals surface area (Å²) in [4.78, 5) is 11.6. The number of nitrogens with zero attached hydrogens (tertiary/aromatic N) is 2. The predicted molar refractivity (Wildman–Crippen MR) is 50.3 cm³/mol. The smallest absolute Gasteiger partial charge is 0.266 e. The first kappa shape index (κ1) is 9.73. The molecule has 4 N–H and O–H groups in total. The minimum absolute atomic E-state index is 0.271. The molecular formula is C8H14N4O. The number of nitrogen functional groups attached to an aromatic ring is 1. The highest BCUT2D eigenvalue weighted by molar-refractivity contribution is 5.87. The lowest BCUT2D eigenvalue weighted by atomic mass is 10.1. The van der Waals surface area contributed by atoms with E-state index in [0.29, 0.717) is 11.4 Å². The number of aryl methyl sites for hydroxylation is 1. The molecule has 0 aliphatic heterocycles. The van der Waals surface area contributed by atoms with Gasteiger partial charge in [0.1, 0.15) is 0 Å². The first-order valence-corrected chi connectivity index (χ1v) is 3.98. The molecule has 0 unspecified atom stereocenters. The van der Waals surface area contributed by atoms with E-state index in [4.69, 9.17) is 11.5 Å². The first-order chi connectivity index (χ1) is 5.82. The molecule has 0 saturated heterocycles. The Hall–Kier alpha value is -1.36. The zero-order valence-corrected chi connectivity index (χ0v) is 8.03. The molecule has 1 aromatic heterocycles. The lowest BCUT2D eigenvalue weighted by Gasteiger charge is -2.15. The van der Waals surface area contributed by atoms with Gasteiger partial charge in [0.25, 0.3) is 5.91 Å². The molecule has 13 heavy (non-hydrogen) atoms. The Balaban J connectivity index is 3.03. The van der Waals surface area contributed by atoms with Crippen LogP contribution in [-0.2, 0) is 0 Å². The van der Waals surface area contributed by atoms with Crippen molar-refractivity contribution >= 4 is 11.6 Å². The molecule has 0 atom stereocenters. The Bertz CT molecular complexity index is 315. The zero-order valence-electron chi connectivity index (χ0n) is 8.03. The highest BCUT2D eigenvalue weighted by atomic mass is 16.2. The van der Waals surface area contributed by atoms with Crippen molar-refractivity contribution in [1.82, 2.24) is 9.78 Å². The molecule has 1 heterocycles. The average molecular weight is 182 g/mol. The number of carbonyl (C=O) groups is 1. The lowest BCUT2D eigenvalue weighted by molar-refractivity contribution is 0.0810. The zero-order chi connectivity index (χ0) is 10.2. The number of carbonyl (C=O) groups excluding carboxylic acids is 1. The first-order valence-electron chi connectivity index (χ1n) is 3.98. The van der Waals surface area contributed by atoms with Gasteiger partial charge in [0.15, 0.2) is 0 Å². The van der Waals surface area contributed by atoms with E-state index in [1.807, 2.05) is 0 Å². The van der Waals surface area contributed by atoms with Crippen LogP contribution in [0.3, 0.4) is 0 Å². The highest BCUT2D eigenvalue weighted by Crippen LogP contribution is 2.09. The maximum atomic E-state index is 11.6. The number of hydrogen-bond acceptors (Lipinski definition) is 4. The molecular weight excluding hydrogens is 168 g/mol. The monoisotopic (exact) mass is 182 g/mol. The van der Waals surface area contributed by atoms with Crippen molar-refractivity contribution in [1.29, 1.82) is 0 Å². The second-order valence-electron chi connectivity index (χ2n) is 3.64. The van der Waals surface area contributed by atoms with Gasteiger partial charge in [0.05, 0.1) is 23.1 Å². The number of aromatic nitrogens is 2. The number of rotatable bonds is 1. The lowest BCUT2D eigenvalue weighted by Crippen LogP contribution is -2.44. The van der Waals surface area contributed by atoms with Crippen molar-refractivity contribution in [3.63, 3.8) is 0 Å². The largest absolute Gasteiger partial charge is 0.396 e. The van der Waals surface area contributed by atoms with Crippen LogP contribution in [0, 0.1) is 6.92 Å². The summed E-state index contributed by atoms with van der Waals surface area (Å²) in [5.41, 5.74) is 11.4. The Morgan fingerprint density at radius 3 is 2.46 bits per heavy atom. The van der Waals surface area contributed by atoms with E-state index in [-0.39, 0.29) is 5.91 Å². The van der Waals surface area contributed by atoms with E-state index in [9.17, 15) is 4.79 Å². The standard InChI is InChI=1S/C8H14N4O/c1-5-6(9)4-12(11-5)7(13)8(2,3)10/h4H,9-10H2,1-3H3. The summed E-state index contributed by atoms with van der Waals surface area (Å²) in [6, 6.07) is 0. The summed E-state index contributed by atoms with van der Waals surface area (Å²) in [5.74, 6) is -0.271. The van der Waals surface area contributed by atoms with E-state index >= 15 is 0 Å². The average Bonchev–Trinajstić information content (AvgIpc) is 2.29. The molecule has 0 bridgehead atoms. The molecule has 0 aliphatic rings. The van der Waals surface area contributed by atoms with Crippen LogP contribution in [0.25, 0.3) is 0 Å². The Morgan fingerprint density at radius 2 is 2.15 bits per heavy atom. The van der Waals surface area contributed by atoms with Gasteiger partial charge in [-0.1, -0.05) is 0 Å². The van der Waals surface area contributed by atoms with Crippen molar-refractivity contribution in [2.75, 3.05) is 5.73 Å². The molecule has 0 aliphatic carbocycles. The van der Waals surface area contributed by atoms with Gasteiger partial charge >= 0.3 is 0 Å². The van der Waals surface area contributed by atoms with E-state index in [0.717, 1.165) is 0 Å². The molecule has 5 nitrogen and oxygen atoms in total. The third kappa shape index (κ3) is 1.86. The SMILES string of the molecule is Cc1nn(C(=O)C(C)(C)N)cc1N. The maximum Gasteiger partial charge on any atom is 0.266 e. The van der Waals surface area contributed by atoms with Gasteiger partial charge in [0.2, 0.25) is 0 Å². The van der Waals surface area contributed by atoms with Crippen molar-refractivity contribution in [3.8, 4) is 0 Å². The number of nitrogens with two attached hydrogens (primary N) is 2. The molecule has 1 rings (SSSR count). The van der Waals surface area contributed by atoms with Gasteiger partial charge < -0.3 is 11.5 Å². The van der Waals surface area contributed by atoms with Crippen molar-refractivity contribution in [3.05, 3.63) is 11.9 Å². The fourth-order valence-electron chi connectivity index (χ4n) is 0.873. The Kier molecular flexibility index (Phi) is 2.13. The van der Waals surface area contributed by atoms with Gasteiger partial charge in [-0.05, 0) is 20.8 Å². The van der Waals surface area contributed by atoms with E-state index in [1.165, 1.54) is 10.9 Å². The van der Waals surface area contributed by atoms with Crippen LogP contribution in [-0.4, -0.2) is 21.2 Å². The molecule has 0 fully saturated rings. The molecule has 0 aromatic carbocycles. The summed E-state index contributed by atoms with van der Waals surface area (Å²) in [5, 5.41) is 3.94. The number of anilines is 1. The molecule has 72 valence electrons. The second-order valence-corrected chi connectivity index (χ2v) is 3.64. The van der Waals surface area contributed by atoms with Crippen LogP contribution in [0.1, 0.15) is 24.3 Å². The van der Waals surface area contributed by atoms with E-state index in [2.05, 4.69) is 5.10 Å². The van der Waals surface area contributed by atoms with Gasteiger partial charge in [-0.2, -0.15) is 5.10 Å². The minimum Gasteiger partial charge on any atom is -0.396 e. The summed E-state index contributed by atoms with van der Waals surface area (Å²) < 4.78 is 1.19. The van der Waals surface area contributed by atoms with Crippen LogP contribution in [0.5, 0.6) is 0 Å². The van der Waals surface area contributed by atoms with Crippen LogP contribution < -0.4 is 11.5 Å². The maximum absolute atomic E-state index is 11.6. The molecule has 1 aromatic rings. The fraction of sp³-hybridized carbons (Fsp3) is 0.500. The normalized spacial score (nSPS) is 11.7. The summed E-state index contributed by atoms with van der Waals surface area (Å²) >= 11 is 0. The van der Waals surface area contributed by atoms with Crippen molar-refractivity contribution < 1.29 is 4.79 Å². The molecule has 0 amide bonds. The quantitative estimate of drug-likeness (QED) is 0.647. The van der Waals surface area contributed by atoms with Gasteiger partial charge in [0, 0.05) is 0 Å². The minimum atomic E-state index is -0.926. The summed E-state index contributed by atoms with van der Waals surface area (Å²) in [7, 11) is 0. The summed E-state index contributed by atoms with van der Waals surface area (Å²) in [6.45, 7) is 4.99. The number of hydrogen-bond donors (Lipinski definition) is 2. The topological polar surface area (TPSA) is 86.9 Å². The summed E-state index contributed by atoms with van der Waals surface area (Å²) in [6.07, 6.45) is 1.48. The molecule has 0 spiro atoms. The van der Waals surface area contributed by atoms with Crippen LogP contribution in [0.15, 0.2) is 6.20 Å². The van der Waals surface area contributed by atoms with Gasteiger partial charge in [-0.3, -0.25) is 4.79 Å². The molecule has 0 saturated carbocycles. The van der Waals surface area contributed by atoms with E-state index in [1.54, 1.807) is 20.8 Å². The van der Waals surface area contributed by atoms with Crippen LogP contribution >= 0.6 is 0 Å². The molecule has 5 heteroatoms.